The molecule has 1 heterocycles. The van der Waals surface area contributed by atoms with Gasteiger partial charge in [-0.2, -0.15) is 0 Å². The molecule has 0 saturated carbocycles. The molecule has 1 amide bonds. The van der Waals surface area contributed by atoms with Crippen LogP contribution in [0, 0.1) is 0 Å². The van der Waals surface area contributed by atoms with Gasteiger partial charge in [-0.1, -0.05) is 23.7 Å². The Morgan fingerprint density at radius 1 is 1.00 bits per heavy atom. The van der Waals surface area contributed by atoms with Crippen LogP contribution < -0.4 is 4.74 Å². The topological polar surface area (TPSA) is 43.7 Å². The summed E-state index contributed by atoms with van der Waals surface area (Å²) in [5.74, 6) is 0.937. The van der Waals surface area contributed by atoms with Crippen LogP contribution in [-0.4, -0.2) is 49.3 Å². The lowest BCUT2D eigenvalue weighted by Crippen LogP contribution is -2.33. The Balaban J connectivity index is 1.90. The first-order chi connectivity index (χ1) is 15.1. The lowest BCUT2D eigenvalue weighted by molar-refractivity contribution is -0.131. The molecule has 0 bridgehead atoms. The molecule has 0 fully saturated rings. The molecular formula is C25H29ClN2O3. The molecular weight excluding hydrogens is 412 g/mol. The van der Waals surface area contributed by atoms with Gasteiger partial charge in [0.05, 0.1) is 19.4 Å². The third-order valence-electron chi connectivity index (χ3n) is 5.33. The molecule has 0 aliphatic heterocycles. The number of carbonyl (C=O) groups excluding carboxylic acids is 1. The second-order valence-electron chi connectivity index (χ2n) is 7.22. The minimum Gasteiger partial charge on any atom is -0.497 e. The van der Waals surface area contributed by atoms with Gasteiger partial charge in [0.1, 0.15) is 5.75 Å². The molecule has 0 atom stereocenters. The molecule has 3 aromatic rings. The Morgan fingerprint density at radius 3 is 2.32 bits per heavy atom. The zero-order valence-electron chi connectivity index (χ0n) is 18.3. The largest absolute Gasteiger partial charge is 0.497 e. The van der Waals surface area contributed by atoms with E-state index in [2.05, 4.69) is 16.7 Å². The first kappa shape index (κ1) is 22.9. The maximum atomic E-state index is 12.7. The van der Waals surface area contributed by atoms with Crippen molar-refractivity contribution in [2.75, 3.05) is 33.9 Å². The highest BCUT2D eigenvalue weighted by molar-refractivity contribution is 6.30. The van der Waals surface area contributed by atoms with Crippen molar-refractivity contribution in [3.8, 4) is 22.7 Å². The van der Waals surface area contributed by atoms with Crippen molar-refractivity contribution in [3.05, 3.63) is 71.4 Å². The molecule has 0 aliphatic carbocycles. The molecule has 1 aromatic heterocycles. The van der Waals surface area contributed by atoms with E-state index >= 15 is 0 Å². The van der Waals surface area contributed by atoms with Crippen molar-refractivity contribution < 1.29 is 14.3 Å². The SMILES string of the molecule is CCN(CCOC)C(=O)CCc1ccc(-c2ccc(Cl)cc2)n1-c1ccc(OC)cc1. The van der Waals surface area contributed by atoms with Crippen LogP contribution in [0.5, 0.6) is 5.75 Å². The highest BCUT2D eigenvalue weighted by Crippen LogP contribution is 2.29. The van der Waals surface area contributed by atoms with Crippen molar-refractivity contribution >= 4 is 17.5 Å². The van der Waals surface area contributed by atoms with E-state index < -0.39 is 0 Å². The minimum absolute atomic E-state index is 0.134. The van der Waals surface area contributed by atoms with Gasteiger partial charge in [-0.25, -0.2) is 0 Å². The Kier molecular flexibility index (Phi) is 8.15. The second kappa shape index (κ2) is 11.0. The number of benzene rings is 2. The van der Waals surface area contributed by atoms with Crippen LogP contribution in [0.2, 0.25) is 5.02 Å². The van der Waals surface area contributed by atoms with Crippen LogP contribution >= 0.6 is 11.6 Å². The van der Waals surface area contributed by atoms with E-state index in [9.17, 15) is 4.79 Å². The van der Waals surface area contributed by atoms with Crippen LogP contribution in [-0.2, 0) is 16.0 Å². The Bertz CT molecular complexity index is 981. The Hall–Kier alpha value is -2.76. The predicted molar refractivity (Wildman–Crippen MR) is 125 cm³/mol. The number of hydrogen-bond donors (Lipinski definition) is 0. The van der Waals surface area contributed by atoms with Crippen molar-refractivity contribution in [3.63, 3.8) is 0 Å². The highest BCUT2D eigenvalue weighted by atomic mass is 35.5. The van der Waals surface area contributed by atoms with E-state index in [1.54, 1.807) is 14.2 Å². The van der Waals surface area contributed by atoms with E-state index in [-0.39, 0.29) is 5.91 Å². The van der Waals surface area contributed by atoms with Gasteiger partial charge in [0.15, 0.2) is 0 Å². The van der Waals surface area contributed by atoms with Gasteiger partial charge >= 0.3 is 0 Å². The second-order valence-corrected chi connectivity index (χ2v) is 7.65. The average molecular weight is 441 g/mol. The molecule has 164 valence electrons. The van der Waals surface area contributed by atoms with E-state index in [4.69, 9.17) is 21.1 Å². The monoisotopic (exact) mass is 440 g/mol. The van der Waals surface area contributed by atoms with Gasteiger partial charge in [-0.05, 0) is 67.4 Å². The number of carbonyl (C=O) groups is 1. The Labute approximate surface area is 189 Å². The zero-order valence-corrected chi connectivity index (χ0v) is 19.1. The van der Waals surface area contributed by atoms with Gasteiger partial charge in [-0.15, -0.1) is 0 Å². The lowest BCUT2D eigenvalue weighted by Gasteiger charge is -2.21. The number of ether oxygens (including phenoxy) is 2. The average Bonchev–Trinajstić information content (AvgIpc) is 3.22. The quantitative estimate of drug-likeness (QED) is 0.433. The molecule has 0 spiro atoms. The maximum absolute atomic E-state index is 12.7. The number of amides is 1. The fraction of sp³-hybridized carbons (Fsp3) is 0.320. The van der Waals surface area contributed by atoms with Gasteiger partial charge in [-0.3, -0.25) is 4.79 Å². The summed E-state index contributed by atoms with van der Waals surface area (Å²) in [5.41, 5.74) is 4.21. The molecule has 0 saturated heterocycles. The van der Waals surface area contributed by atoms with E-state index in [1.807, 2.05) is 60.4 Å². The van der Waals surface area contributed by atoms with Gasteiger partial charge in [0.2, 0.25) is 5.91 Å². The van der Waals surface area contributed by atoms with Crippen molar-refractivity contribution in [2.24, 2.45) is 0 Å². The van der Waals surface area contributed by atoms with Gasteiger partial charge in [0.25, 0.3) is 0 Å². The molecule has 0 unspecified atom stereocenters. The molecule has 3 rings (SSSR count). The summed E-state index contributed by atoms with van der Waals surface area (Å²) in [6, 6.07) is 19.9. The summed E-state index contributed by atoms with van der Waals surface area (Å²) in [4.78, 5) is 14.6. The third-order valence-corrected chi connectivity index (χ3v) is 5.58. The molecule has 5 nitrogen and oxygen atoms in total. The molecule has 31 heavy (non-hydrogen) atoms. The highest BCUT2D eigenvalue weighted by Gasteiger charge is 2.16. The molecule has 6 heteroatoms. The van der Waals surface area contributed by atoms with Crippen LogP contribution in [0.3, 0.4) is 0 Å². The fourth-order valence-corrected chi connectivity index (χ4v) is 3.74. The number of aromatic nitrogens is 1. The Morgan fingerprint density at radius 2 is 1.71 bits per heavy atom. The normalized spacial score (nSPS) is 10.8. The maximum Gasteiger partial charge on any atom is 0.223 e. The summed E-state index contributed by atoms with van der Waals surface area (Å²) in [6.45, 7) is 3.83. The summed E-state index contributed by atoms with van der Waals surface area (Å²) in [6.07, 6.45) is 1.08. The van der Waals surface area contributed by atoms with E-state index in [0.29, 0.717) is 37.6 Å². The minimum atomic E-state index is 0.134. The number of halogens is 1. The van der Waals surface area contributed by atoms with Crippen LogP contribution in [0.25, 0.3) is 16.9 Å². The first-order valence-corrected chi connectivity index (χ1v) is 10.8. The summed E-state index contributed by atoms with van der Waals surface area (Å²) < 4.78 is 12.6. The lowest BCUT2D eigenvalue weighted by atomic mass is 10.1. The number of aryl methyl sites for hydroxylation is 1. The van der Waals surface area contributed by atoms with E-state index in [0.717, 1.165) is 28.4 Å². The standard InChI is InChI=1S/C25H29ClN2O3/c1-4-27(17-18-30-2)25(29)16-12-22-11-15-24(19-5-7-20(26)8-6-19)28(22)21-9-13-23(31-3)14-10-21/h5-11,13-15H,4,12,16-18H2,1-3H3. The summed E-state index contributed by atoms with van der Waals surface area (Å²) in [7, 11) is 3.31. The van der Waals surface area contributed by atoms with Gasteiger partial charge < -0.3 is 18.9 Å². The fourth-order valence-electron chi connectivity index (χ4n) is 3.61. The van der Waals surface area contributed by atoms with Crippen LogP contribution in [0.4, 0.5) is 0 Å². The predicted octanol–water partition coefficient (Wildman–Crippen LogP) is 5.23. The van der Waals surface area contributed by atoms with Crippen LogP contribution in [0.1, 0.15) is 19.0 Å². The molecule has 0 N–H and O–H groups in total. The van der Waals surface area contributed by atoms with Crippen LogP contribution in [0.15, 0.2) is 60.7 Å². The van der Waals surface area contributed by atoms with E-state index in [1.165, 1.54) is 0 Å². The van der Waals surface area contributed by atoms with Crippen molar-refractivity contribution in [1.29, 1.82) is 0 Å². The van der Waals surface area contributed by atoms with Gasteiger partial charge in [0, 0.05) is 43.0 Å². The molecule has 2 aromatic carbocycles. The number of rotatable bonds is 10. The smallest absolute Gasteiger partial charge is 0.223 e. The summed E-state index contributed by atoms with van der Waals surface area (Å²) >= 11 is 6.09. The third kappa shape index (κ3) is 5.69. The molecule has 0 radical (unpaired) electrons. The first-order valence-electron chi connectivity index (χ1n) is 10.4. The number of hydrogen-bond acceptors (Lipinski definition) is 3. The van der Waals surface area contributed by atoms with Crippen molar-refractivity contribution in [1.82, 2.24) is 9.47 Å². The van der Waals surface area contributed by atoms with Crippen molar-refractivity contribution in [2.45, 2.75) is 19.8 Å². The number of likely N-dealkylation sites (N-methyl/N-ethyl adjacent to an activating group) is 1. The number of methoxy groups -OCH3 is 2. The zero-order chi connectivity index (χ0) is 22.2. The molecule has 0 aliphatic rings. The number of nitrogens with zero attached hydrogens (tertiary/aromatic N) is 2. The summed E-state index contributed by atoms with van der Waals surface area (Å²) in [5, 5.41) is 0.702.